The van der Waals surface area contributed by atoms with E-state index in [-0.39, 0.29) is 0 Å². The smallest absolute Gasteiger partial charge is 0.0679 e. The molecular formula is C12H15N3. The Morgan fingerprint density at radius 3 is 2.47 bits per heavy atom. The Kier molecular flexibility index (Phi) is 2.54. The zero-order valence-electron chi connectivity index (χ0n) is 9.31. The highest BCUT2D eigenvalue weighted by molar-refractivity contribution is 5.32. The molecule has 0 aliphatic carbocycles. The Hall–Kier alpha value is -1.64. The van der Waals surface area contributed by atoms with E-state index in [0.29, 0.717) is 5.92 Å². The first-order valence-electron chi connectivity index (χ1n) is 5.15. The Balaban J connectivity index is 2.53. The van der Waals surface area contributed by atoms with E-state index >= 15 is 0 Å². The average molecular weight is 201 g/mol. The van der Waals surface area contributed by atoms with E-state index in [1.54, 1.807) is 12.4 Å². The second-order valence-corrected chi connectivity index (χ2v) is 3.98. The topological polar surface area (TPSA) is 30.7 Å². The molecule has 0 N–H and O–H groups in total. The van der Waals surface area contributed by atoms with Crippen molar-refractivity contribution < 1.29 is 0 Å². The molecule has 0 saturated heterocycles. The molecule has 0 fully saturated rings. The van der Waals surface area contributed by atoms with Crippen molar-refractivity contribution in [1.29, 1.82) is 0 Å². The molecule has 0 saturated carbocycles. The molecule has 3 nitrogen and oxygen atoms in total. The van der Waals surface area contributed by atoms with Gasteiger partial charge in [0.2, 0.25) is 0 Å². The van der Waals surface area contributed by atoms with Crippen LogP contribution in [0.5, 0.6) is 0 Å². The van der Waals surface area contributed by atoms with Crippen LogP contribution in [0.15, 0.2) is 30.6 Å². The van der Waals surface area contributed by atoms with E-state index in [1.165, 1.54) is 5.69 Å². The largest absolute Gasteiger partial charge is 0.265 e. The van der Waals surface area contributed by atoms with Gasteiger partial charge in [-0.05, 0) is 31.0 Å². The molecule has 0 aromatic carbocycles. The van der Waals surface area contributed by atoms with Crippen molar-refractivity contribution in [3.63, 3.8) is 0 Å². The van der Waals surface area contributed by atoms with Crippen molar-refractivity contribution in [2.75, 3.05) is 0 Å². The highest BCUT2D eigenvalue weighted by atomic mass is 15.3. The number of hydrogen-bond acceptors (Lipinski definition) is 2. The molecule has 0 atom stereocenters. The molecule has 78 valence electrons. The first-order valence-corrected chi connectivity index (χ1v) is 5.15. The van der Waals surface area contributed by atoms with Gasteiger partial charge in [-0.15, -0.1) is 0 Å². The summed E-state index contributed by atoms with van der Waals surface area (Å²) in [5, 5.41) is 4.49. The third-order valence-corrected chi connectivity index (χ3v) is 2.36. The van der Waals surface area contributed by atoms with Crippen LogP contribution in [-0.2, 0) is 0 Å². The third-order valence-electron chi connectivity index (χ3n) is 2.36. The normalized spacial score (nSPS) is 10.9. The van der Waals surface area contributed by atoms with Crippen molar-refractivity contribution >= 4 is 0 Å². The molecule has 0 amide bonds. The van der Waals surface area contributed by atoms with Gasteiger partial charge in [-0.25, -0.2) is 4.68 Å². The molecule has 2 heterocycles. The van der Waals surface area contributed by atoms with Gasteiger partial charge < -0.3 is 0 Å². The maximum absolute atomic E-state index is 4.49. The van der Waals surface area contributed by atoms with Gasteiger partial charge in [-0.2, -0.15) is 5.10 Å². The number of pyridine rings is 1. The van der Waals surface area contributed by atoms with Crippen LogP contribution >= 0.6 is 0 Å². The van der Waals surface area contributed by atoms with Crippen LogP contribution in [0.3, 0.4) is 0 Å². The minimum Gasteiger partial charge on any atom is -0.265 e. The summed E-state index contributed by atoms with van der Waals surface area (Å²) in [4.78, 5) is 4.01. The van der Waals surface area contributed by atoms with Crippen LogP contribution < -0.4 is 0 Å². The average Bonchev–Trinajstić information content (AvgIpc) is 2.62. The quantitative estimate of drug-likeness (QED) is 0.748. The summed E-state index contributed by atoms with van der Waals surface area (Å²) in [5.74, 6) is 0.472. The monoisotopic (exact) mass is 201 g/mol. The second-order valence-electron chi connectivity index (χ2n) is 3.98. The SMILES string of the molecule is Cc1cc(C(C)C)n(-c2ccncc2)n1. The van der Waals surface area contributed by atoms with Crippen LogP contribution in [0, 0.1) is 6.92 Å². The summed E-state index contributed by atoms with van der Waals surface area (Å²) in [6.07, 6.45) is 3.58. The molecule has 2 rings (SSSR count). The lowest BCUT2D eigenvalue weighted by molar-refractivity contribution is 0.730. The Morgan fingerprint density at radius 2 is 1.87 bits per heavy atom. The molecule has 0 aliphatic heterocycles. The number of aromatic nitrogens is 3. The van der Waals surface area contributed by atoms with E-state index in [1.807, 2.05) is 23.7 Å². The lowest BCUT2D eigenvalue weighted by atomic mass is 10.1. The molecule has 15 heavy (non-hydrogen) atoms. The van der Waals surface area contributed by atoms with Gasteiger partial charge in [0.15, 0.2) is 0 Å². The lowest BCUT2D eigenvalue weighted by Gasteiger charge is -2.09. The molecule has 3 heteroatoms. The zero-order valence-corrected chi connectivity index (χ0v) is 9.31. The van der Waals surface area contributed by atoms with Gasteiger partial charge in [0, 0.05) is 18.1 Å². The van der Waals surface area contributed by atoms with E-state index in [2.05, 4.69) is 30.0 Å². The van der Waals surface area contributed by atoms with E-state index < -0.39 is 0 Å². The molecule has 0 radical (unpaired) electrons. The van der Waals surface area contributed by atoms with Gasteiger partial charge in [0.25, 0.3) is 0 Å². The van der Waals surface area contributed by atoms with E-state index in [0.717, 1.165) is 11.4 Å². The minimum absolute atomic E-state index is 0.472. The summed E-state index contributed by atoms with van der Waals surface area (Å²) in [7, 11) is 0. The highest BCUT2D eigenvalue weighted by Crippen LogP contribution is 2.19. The van der Waals surface area contributed by atoms with Crippen molar-refractivity contribution in [3.05, 3.63) is 42.0 Å². The van der Waals surface area contributed by atoms with Crippen molar-refractivity contribution in [2.45, 2.75) is 26.7 Å². The molecule has 0 bridgehead atoms. The van der Waals surface area contributed by atoms with Crippen LogP contribution in [0.1, 0.15) is 31.2 Å². The standard InChI is InChI=1S/C12H15N3/c1-9(2)12-8-10(3)14-15(12)11-4-6-13-7-5-11/h4-9H,1-3H3. The number of rotatable bonds is 2. The fourth-order valence-corrected chi connectivity index (χ4v) is 1.62. The molecule has 0 spiro atoms. The van der Waals surface area contributed by atoms with Gasteiger partial charge >= 0.3 is 0 Å². The molecule has 2 aromatic rings. The van der Waals surface area contributed by atoms with Crippen LogP contribution in [0.4, 0.5) is 0 Å². The summed E-state index contributed by atoms with van der Waals surface area (Å²) >= 11 is 0. The van der Waals surface area contributed by atoms with Gasteiger partial charge in [-0.3, -0.25) is 4.98 Å². The van der Waals surface area contributed by atoms with E-state index in [4.69, 9.17) is 0 Å². The highest BCUT2D eigenvalue weighted by Gasteiger charge is 2.10. The summed E-state index contributed by atoms with van der Waals surface area (Å²) in [6, 6.07) is 6.07. The number of aryl methyl sites for hydroxylation is 1. The molecule has 2 aromatic heterocycles. The summed E-state index contributed by atoms with van der Waals surface area (Å²) in [6.45, 7) is 6.37. The fourth-order valence-electron chi connectivity index (χ4n) is 1.62. The van der Waals surface area contributed by atoms with E-state index in [9.17, 15) is 0 Å². The maximum atomic E-state index is 4.49. The minimum atomic E-state index is 0.472. The van der Waals surface area contributed by atoms with Gasteiger partial charge in [0.05, 0.1) is 11.4 Å². The first kappa shape index (κ1) is 9.90. The summed E-state index contributed by atoms with van der Waals surface area (Å²) < 4.78 is 1.99. The number of hydrogen-bond donors (Lipinski definition) is 0. The van der Waals surface area contributed by atoms with Gasteiger partial charge in [0.1, 0.15) is 0 Å². The van der Waals surface area contributed by atoms with Crippen molar-refractivity contribution in [3.8, 4) is 5.69 Å². The molecule has 0 aliphatic rings. The second kappa shape index (κ2) is 3.85. The lowest BCUT2D eigenvalue weighted by Crippen LogP contribution is -2.03. The van der Waals surface area contributed by atoms with Crippen LogP contribution in [-0.4, -0.2) is 14.8 Å². The van der Waals surface area contributed by atoms with Crippen molar-refractivity contribution in [2.24, 2.45) is 0 Å². The zero-order chi connectivity index (χ0) is 10.8. The fraction of sp³-hybridized carbons (Fsp3) is 0.333. The Labute approximate surface area is 89.8 Å². The Morgan fingerprint density at radius 1 is 1.20 bits per heavy atom. The van der Waals surface area contributed by atoms with Crippen molar-refractivity contribution in [1.82, 2.24) is 14.8 Å². The summed E-state index contributed by atoms with van der Waals surface area (Å²) in [5.41, 5.74) is 3.36. The molecular weight excluding hydrogens is 186 g/mol. The third kappa shape index (κ3) is 1.91. The molecule has 0 unspecified atom stereocenters. The van der Waals surface area contributed by atoms with Crippen LogP contribution in [0.25, 0.3) is 5.69 Å². The maximum Gasteiger partial charge on any atom is 0.0679 e. The Bertz CT molecular complexity index is 443. The van der Waals surface area contributed by atoms with Crippen LogP contribution in [0.2, 0.25) is 0 Å². The predicted molar refractivity (Wildman–Crippen MR) is 60.2 cm³/mol. The van der Waals surface area contributed by atoms with Gasteiger partial charge in [-0.1, -0.05) is 13.8 Å². The predicted octanol–water partition coefficient (Wildman–Crippen LogP) is 2.70. The number of nitrogens with zero attached hydrogens (tertiary/aromatic N) is 3. The first-order chi connectivity index (χ1) is 7.18.